The molecule has 0 amide bonds. The second-order valence-corrected chi connectivity index (χ2v) is 2.09. The Labute approximate surface area is 60.5 Å². The number of hydrogen-bond acceptors (Lipinski definition) is 2. The molecular formula is C7H3F2NO. The van der Waals surface area contributed by atoms with Crippen molar-refractivity contribution in [1.29, 1.82) is 0 Å². The molecule has 1 aromatic heterocycles. The van der Waals surface area contributed by atoms with Crippen LogP contribution in [0.15, 0.2) is 22.9 Å². The van der Waals surface area contributed by atoms with E-state index in [1.807, 2.05) is 0 Å². The van der Waals surface area contributed by atoms with Gasteiger partial charge >= 0.3 is 0 Å². The number of rotatable bonds is 0. The Balaban J connectivity index is 2.91. The van der Waals surface area contributed by atoms with Crippen molar-refractivity contribution in [1.82, 2.24) is 4.98 Å². The van der Waals surface area contributed by atoms with E-state index in [-0.39, 0.29) is 11.1 Å². The minimum Gasteiger partial charge on any atom is -0.440 e. The first-order valence-electron chi connectivity index (χ1n) is 2.95. The molecule has 0 aliphatic carbocycles. The Morgan fingerprint density at radius 1 is 1.27 bits per heavy atom. The normalized spacial score (nSPS) is 10.7. The molecule has 0 saturated carbocycles. The topological polar surface area (TPSA) is 26.0 Å². The van der Waals surface area contributed by atoms with Gasteiger partial charge in [-0.2, -0.15) is 0 Å². The van der Waals surface area contributed by atoms with Gasteiger partial charge in [-0.15, -0.1) is 0 Å². The van der Waals surface area contributed by atoms with E-state index >= 15 is 0 Å². The van der Waals surface area contributed by atoms with E-state index in [4.69, 9.17) is 0 Å². The minimum absolute atomic E-state index is 0.00796. The van der Waals surface area contributed by atoms with Crippen LogP contribution in [0.25, 0.3) is 11.1 Å². The summed E-state index contributed by atoms with van der Waals surface area (Å²) >= 11 is 0. The Kier molecular flexibility index (Phi) is 1.15. The van der Waals surface area contributed by atoms with E-state index in [9.17, 15) is 8.78 Å². The molecule has 4 heteroatoms. The van der Waals surface area contributed by atoms with Gasteiger partial charge in [0.1, 0.15) is 11.3 Å². The van der Waals surface area contributed by atoms with Crippen LogP contribution in [0, 0.1) is 11.6 Å². The zero-order chi connectivity index (χ0) is 7.84. The Morgan fingerprint density at radius 3 is 2.91 bits per heavy atom. The number of benzene rings is 1. The highest BCUT2D eigenvalue weighted by molar-refractivity contribution is 5.72. The molecule has 2 nitrogen and oxygen atoms in total. The van der Waals surface area contributed by atoms with E-state index in [1.54, 1.807) is 0 Å². The number of nitrogens with zero attached hydrogens (tertiary/aromatic N) is 1. The molecule has 2 rings (SSSR count). The highest BCUT2D eigenvalue weighted by Crippen LogP contribution is 2.17. The molecule has 0 unspecified atom stereocenters. The van der Waals surface area contributed by atoms with Gasteiger partial charge in [-0.25, -0.2) is 13.8 Å². The maximum Gasteiger partial charge on any atom is 0.190 e. The summed E-state index contributed by atoms with van der Waals surface area (Å²) in [7, 11) is 0. The van der Waals surface area contributed by atoms with Gasteiger partial charge < -0.3 is 4.42 Å². The number of fused-ring (bicyclic) bond motifs is 1. The summed E-state index contributed by atoms with van der Waals surface area (Å²) in [5.74, 6) is -1.37. The summed E-state index contributed by atoms with van der Waals surface area (Å²) in [6.07, 6.45) is 1.08. The van der Waals surface area contributed by atoms with Crippen molar-refractivity contribution in [3.63, 3.8) is 0 Å². The van der Waals surface area contributed by atoms with Gasteiger partial charge in [-0.1, -0.05) is 0 Å². The highest BCUT2D eigenvalue weighted by atomic mass is 19.1. The minimum atomic E-state index is -0.725. The Hall–Kier alpha value is -1.45. The average Bonchev–Trinajstić information content (AvgIpc) is 2.34. The lowest BCUT2D eigenvalue weighted by Gasteiger charge is -1.88. The first kappa shape index (κ1) is 6.27. The standard InChI is InChI=1S/C7H3F2NO/c8-4-1-5(9)7-6(2-4)10-3-11-7/h1-3H. The van der Waals surface area contributed by atoms with Gasteiger partial charge in [0, 0.05) is 12.1 Å². The average molecular weight is 155 g/mol. The molecule has 0 fully saturated rings. The summed E-state index contributed by atoms with van der Waals surface area (Å²) in [4.78, 5) is 3.59. The van der Waals surface area contributed by atoms with Gasteiger partial charge in [0.2, 0.25) is 0 Å². The van der Waals surface area contributed by atoms with Gasteiger partial charge in [-0.3, -0.25) is 0 Å². The summed E-state index contributed by atoms with van der Waals surface area (Å²) in [6.45, 7) is 0. The summed E-state index contributed by atoms with van der Waals surface area (Å²) in [5.41, 5.74) is 0.189. The van der Waals surface area contributed by atoms with Crippen LogP contribution in [0.2, 0.25) is 0 Å². The molecular weight excluding hydrogens is 152 g/mol. The van der Waals surface area contributed by atoms with Crippen LogP contribution in [0.1, 0.15) is 0 Å². The maximum atomic E-state index is 12.7. The monoisotopic (exact) mass is 155 g/mol. The largest absolute Gasteiger partial charge is 0.440 e. The number of aromatic nitrogens is 1. The molecule has 0 N–H and O–H groups in total. The lowest BCUT2D eigenvalue weighted by Crippen LogP contribution is -1.79. The molecule has 0 aliphatic rings. The molecule has 0 atom stereocenters. The third-order valence-corrected chi connectivity index (χ3v) is 1.35. The summed E-state index contributed by atoms with van der Waals surface area (Å²) < 4.78 is 29.8. The van der Waals surface area contributed by atoms with Crippen molar-refractivity contribution < 1.29 is 13.2 Å². The first-order chi connectivity index (χ1) is 5.27. The summed E-state index contributed by atoms with van der Waals surface area (Å²) in [5, 5.41) is 0. The third-order valence-electron chi connectivity index (χ3n) is 1.35. The molecule has 2 aromatic rings. The number of oxazole rings is 1. The molecule has 1 aromatic carbocycles. The van der Waals surface area contributed by atoms with E-state index < -0.39 is 11.6 Å². The van der Waals surface area contributed by atoms with Crippen molar-refractivity contribution in [3.8, 4) is 0 Å². The lowest BCUT2D eigenvalue weighted by atomic mass is 10.3. The molecule has 1 heterocycles. The fraction of sp³-hybridized carbons (Fsp3) is 0. The quantitative estimate of drug-likeness (QED) is 0.582. The number of hydrogen-bond donors (Lipinski definition) is 0. The van der Waals surface area contributed by atoms with Crippen molar-refractivity contribution in [2.24, 2.45) is 0 Å². The second-order valence-electron chi connectivity index (χ2n) is 2.09. The van der Waals surface area contributed by atoms with Gasteiger partial charge in [0.15, 0.2) is 17.8 Å². The molecule has 11 heavy (non-hydrogen) atoms. The summed E-state index contributed by atoms with van der Waals surface area (Å²) in [6, 6.07) is 1.87. The molecule has 0 bridgehead atoms. The third kappa shape index (κ3) is 0.869. The van der Waals surface area contributed by atoms with Crippen LogP contribution in [0.4, 0.5) is 8.78 Å². The van der Waals surface area contributed by atoms with Crippen LogP contribution in [0.3, 0.4) is 0 Å². The van der Waals surface area contributed by atoms with Crippen LogP contribution >= 0.6 is 0 Å². The van der Waals surface area contributed by atoms with Gasteiger partial charge in [-0.05, 0) is 0 Å². The molecule has 0 radical (unpaired) electrons. The van der Waals surface area contributed by atoms with E-state index in [0.717, 1.165) is 18.5 Å². The van der Waals surface area contributed by atoms with Crippen LogP contribution in [-0.2, 0) is 0 Å². The van der Waals surface area contributed by atoms with Gasteiger partial charge in [0.05, 0.1) is 0 Å². The smallest absolute Gasteiger partial charge is 0.190 e. The zero-order valence-electron chi connectivity index (χ0n) is 5.34. The maximum absolute atomic E-state index is 12.7. The highest BCUT2D eigenvalue weighted by Gasteiger charge is 2.06. The first-order valence-corrected chi connectivity index (χ1v) is 2.95. The molecule has 56 valence electrons. The van der Waals surface area contributed by atoms with Crippen LogP contribution < -0.4 is 0 Å². The second kappa shape index (κ2) is 2.02. The molecule has 0 spiro atoms. The molecule has 0 saturated heterocycles. The van der Waals surface area contributed by atoms with Crippen molar-refractivity contribution in [2.75, 3.05) is 0 Å². The van der Waals surface area contributed by atoms with E-state index in [0.29, 0.717) is 0 Å². The number of halogens is 2. The van der Waals surface area contributed by atoms with Crippen molar-refractivity contribution >= 4 is 11.1 Å². The predicted octanol–water partition coefficient (Wildman–Crippen LogP) is 2.11. The van der Waals surface area contributed by atoms with Crippen LogP contribution in [-0.4, -0.2) is 4.98 Å². The fourth-order valence-corrected chi connectivity index (χ4v) is 0.895. The SMILES string of the molecule is Fc1cc(F)c2ocnc2c1. The van der Waals surface area contributed by atoms with Gasteiger partial charge in [0.25, 0.3) is 0 Å². The lowest BCUT2D eigenvalue weighted by molar-refractivity contribution is 0.543. The fourth-order valence-electron chi connectivity index (χ4n) is 0.895. The Morgan fingerprint density at radius 2 is 2.09 bits per heavy atom. The molecule has 0 aliphatic heterocycles. The van der Waals surface area contributed by atoms with Crippen molar-refractivity contribution in [3.05, 3.63) is 30.2 Å². The predicted molar refractivity (Wildman–Crippen MR) is 33.9 cm³/mol. The zero-order valence-corrected chi connectivity index (χ0v) is 5.34. The van der Waals surface area contributed by atoms with Crippen molar-refractivity contribution in [2.45, 2.75) is 0 Å². The van der Waals surface area contributed by atoms with Crippen LogP contribution in [0.5, 0.6) is 0 Å². The Bertz CT molecular complexity index is 396. The van der Waals surface area contributed by atoms with E-state index in [2.05, 4.69) is 9.40 Å². The van der Waals surface area contributed by atoms with E-state index in [1.165, 1.54) is 0 Å².